The molecule has 2 rings (SSSR count). The van der Waals surface area contributed by atoms with Crippen LogP contribution in [-0.2, 0) is 6.54 Å². The molecule has 0 aliphatic carbocycles. The summed E-state index contributed by atoms with van der Waals surface area (Å²) in [5.41, 5.74) is 6.97. The van der Waals surface area contributed by atoms with Gasteiger partial charge in [-0.15, -0.1) is 12.4 Å². The molecule has 0 saturated carbocycles. The number of benzene rings is 1. The van der Waals surface area contributed by atoms with Gasteiger partial charge in [-0.05, 0) is 25.5 Å². The maximum atomic E-state index is 12.4. The Kier molecular flexibility index (Phi) is 6.91. The number of nitrogens with zero attached hydrogens (tertiary/aromatic N) is 2. The lowest BCUT2D eigenvalue weighted by molar-refractivity contribution is 0.0731. The smallest absolute Gasteiger partial charge is 0.276 e. The number of aromatic nitrogens is 1. The van der Waals surface area contributed by atoms with E-state index in [2.05, 4.69) is 5.16 Å². The third kappa shape index (κ3) is 4.88. The van der Waals surface area contributed by atoms with E-state index in [4.69, 9.17) is 10.3 Å². The minimum absolute atomic E-state index is 0. The minimum Gasteiger partial charge on any atom is -0.361 e. The van der Waals surface area contributed by atoms with Gasteiger partial charge in [0.15, 0.2) is 5.69 Å². The van der Waals surface area contributed by atoms with Gasteiger partial charge in [-0.1, -0.05) is 35.5 Å². The standard InChI is InChI=1S/C15H19N3O2.ClH/c1-12-10-14(17-20-12)15(19)18(9-5-8-16)11-13-6-3-2-4-7-13;/h2-4,6-7,10H,5,8-9,11,16H2,1H3;1H. The highest BCUT2D eigenvalue weighted by molar-refractivity contribution is 5.92. The molecule has 0 aliphatic rings. The summed E-state index contributed by atoms with van der Waals surface area (Å²) in [6.07, 6.45) is 0.759. The maximum Gasteiger partial charge on any atom is 0.276 e. The Morgan fingerprint density at radius 1 is 1.33 bits per heavy atom. The van der Waals surface area contributed by atoms with Gasteiger partial charge in [0, 0.05) is 19.2 Å². The van der Waals surface area contributed by atoms with Crippen LogP contribution in [0.15, 0.2) is 40.9 Å². The van der Waals surface area contributed by atoms with Crippen molar-refractivity contribution < 1.29 is 9.32 Å². The number of rotatable bonds is 6. The second kappa shape index (κ2) is 8.44. The molecule has 5 nitrogen and oxygen atoms in total. The van der Waals surface area contributed by atoms with E-state index in [1.807, 2.05) is 30.3 Å². The van der Waals surface area contributed by atoms with E-state index in [0.29, 0.717) is 31.1 Å². The molecule has 0 bridgehead atoms. The van der Waals surface area contributed by atoms with Gasteiger partial charge in [0.25, 0.3) is 5.91 Å². The van der Waals surface area contributed by atoms with Crippen LogP contribution < -0.4 is 5.73 Å². The van der Waals surface area contributed by atoms with Crippen molar-refractivity contribution in [1.82, 2.24) is 10.1 Å². The largest absolute Gasteiger partial charge is 0.361 e. The Hall–Kier alpha value is -1.85. The molecule has 21 heavy (non-hydrogen) atoms. The molecule has 0 aliphatic heterocycles. The number of hydrogen-bond acceptors (Lipinski definition) is 4. The summed E-state index contributed by atoms with van der Waals surface area (Å²) in [6.45, 7) is 3.48. The fourth-order valence-electron chi connectivity index (χ4n) is 1.97. The number of halogens is 1. The quantitative estimate of drug-likeness (QED) is 0.889. The van der Waals surface area contributed by atoms with E-state index in [9.17, 15) is 4.79 Å². The molecular weight excluding hydrogens is 290 g/mol. The van der Waals surface area contributed by atoms with E-state index in [-0.39, 0.29) is 18.3 Å². The van der Waals surface area contributed by atoms with Gasteiger partial charge in [-0.25, -0.2) is 0 Å². The molecule has 0 radical (unpaired) electrons. The van der Waals surface area contributed by atoms with Crippen LogP contribution in [0.4, 0.5) is 0 Å². The first-order valence-corrected chi connectivity index (χ1v) is 6.67. The molecule has 1 aromatic heterocycles. The van der Waals surface area contributed by atoms with Crippen molar-refractivity contribution in [2.24, 2.45) is 5.73 Å². The van der Waals surface area contributed by atoms with Gasteiger partial charge >= 0.3 is 0 Å². The molecule has 2 N–H and O–H groups in total. The molecule has 6 heteroatoms. The highest BCUT2D eigenvalue weighted by atomic mass is 35.5. The monoisotopic (exact) mass is 309 g/mol. The molecule has 0 spiro atoms. The van der Waals surface area contributed by atoms with Crippen molar-refractivity contribution in [1.29, 1.82) is 0 Å². The van der Waals surface area contributed by atoms with Crippen molar-refractivity contribution in [2.75, 3.05) is 13.1 Å². The first-order chi connectivity index (χ1) is 9.70. The van der Waals surface area contributed by atoms with Crippen LogP contribution in [0.1, 0.15) is 28.2 Å². The summed E-state index contributed by atoms with van der Waals surface area (Å²) in [4.78, 5) is 14.2. The maximum absolute atomic E-state index is 12.4. The van der Waals surface area contributed by atoms with Crippen molar-refractivity contribution >= 4 is 18.3 Å². The summed E-state index contributed by atoms with van der Waals surface area (Å²) in [7, 11) is 0. The predicted octanol–water partition coefficient (Wildman–Crippen LogP) is 2.40. The summed E-state index contributed by atoms with van der Waals surface area (Å²) in [5, 5.41) is 3.79. The molecular formula is C15H20ClN3O2. The Labute approximate surface area is 130 Å². The Morgan fingerprint density at radius 2 is 2.05 bits per heavy atom. The fourth-order valence-corrected chi connectivity index (χ4v) is 1.97. The Bertz CT molecular complexity index is 557. The number of carbonyl (C=O) groups excluding carboxylic acids is 1. The van der Waals surface area contributed by atoms with Crippen LogP contribution in [0.25, 0.3) is 0 Å². The first kappa shape index (κ1) is 17.2. The normalized spacial score (nSPS) is 10.0. The molecule has 0 unspecified atom stereocenters. The second-order valence-corrected chi connectivity index (χ2v) is 4.68. The van der Waals surface area contributed by atoms with E-state index in [0.717, 1.165) is 12.0 Å². The van der Waals surface area contributed by atoms with E-state index < -0.39 is 0 Å². The summed E-state index contributed by atoms with van der Waals surface area (Å²) in [6, 6.07) is 11.5. The fraction of sp³-hybridized carbons (Fsp3) is 0.333. The van der Waals surface area contributed by atoms with Crippen LogP contribution in [0, 0.1) is 6.92 Å². The highest BCUT2D eigenvalue weighted by Gasteiger charge is 2.19. The first-order valence-electron chi connectivity index (χ1n) is 6.67. The minimum atomic E-state index is -0.126. The zero-order valence-electron chi connectivity index (χ0n) is 12.0. The van der Waals surface area contributed by atoms with Crippen molar-refractivity contribution in [2.45, 2.75) is 19.9 Å². The summed E-state index contributed by atoms with van der Waals surface area (Å²) < 4.78 is 4.97. The van der Waals surface area contributed by atoms with Gasteiger partial charge in [-0.2, -0.15) is 0 Å². The molecule has 2 aromatic rings. The van der Waals surface area contributed by atoms with E-state index in [1.54, 1.807) is 17.9 Å². The summed E-state index contributed by atoms with van der Waals surface area (Å²) >= 11 is 0. The van der Waals surface area contributed by atoms with Gasteiger partial charge in [-0.3, -0.25) is 4.79 Å². The molecule has 0 atom stereocenters. The predicted molar refractivity (Wildman–Crippen MR) is 83.3 cm³/mol. The molecule has 0 saturated heterocycles. The average Bonchev–Trinajstić information content (AvgIpc) is 2.90. The topological polar surface area (TPSA) is 72.4 Å². The number of carbonyl (C=O) groups is 1. The number of hydrogen-bond donors (Lipinski definition) is 1. The lowest BCUT2D eigenvalue weighted by Crippen LogP contribution is -2.32. The van der Waals surface area contributed by atoms with Gasteiger partial charge in [0.2, 0.25) is 0 Å². The zero-order chi connectivity index (χ0) is 14.4. The molecule has 1 amide bonds. The number of amides is 1. The van der Waals surface area contributed by atoms with Crippen LogP contribution in [0.2, 0.25) is 0 Å². The van der Waals surface area contributed by atoms with Crippen molar-refractivity contribution in [3.05, 3.63) is 53.4 Å². The molecule has 1 heterocycles. The van der Waals surface area contributed by atoms with E-state index >= 15 is 0 Å². The zero-order valence-corrected chi connectivity index (χ0v) is 12.8. The molecule has 1 aromatic carbocycles. The van der Waals surface area contributed by atoms with Crippen LogP contribution in [0.3, 0.4) is 0 Å². The van der Waals surface area contributed by atoms with Crippen LogP contribution in [0.5, 0.6) is 0 Å². The molecule has 0 fully saturated rings. The van der Waals surface area contributed by atoms with Crippen LogP contribution in [-0.4, -0.2) is 29.1 Å². The second-order valence-electron chi connectivity index (χ2n) is 4.68. The molecule has 114 valence electrons. The summed E-state index contributed by atoms with van der Waals surface area (Å²) in [5.74, 6) is 0.506. The van der Waals surface area contributed by atoms with Gasteiger partial charge in [0.05, 0.1) is 0 Å². The number of nitrogens with two attached hydrogens (primary N) is 1. The van der Waals surface area contributed by atoms with E-state index in [1.165, 1.54) is 0 Å². The lowest BCUT2D eigenvalue weighted by Gasteiger charge is -2.21. The van der Waals surface area contributed by atoms with Crippen molar-refractivity contribution in [3.63, 3.8) is 0 Å². The number of aryl methyl sites for hydroxylation is 1. The van der Waals surface area contributed by atoms with Gasteiger partial charge in [0.1, 0.15) is 5.76 Å². The van der Waals surface area contributed by atoms with Gasteiger partial charge < -0.3 is 15.2 Å². The highest BCUT2D eigenvalue weighted by Crippen LogP contribution is 2.11. The SMILES string of the molecule is Cc1cc(C(=O)N(CCCN)Cc2ccccc2)no1.Cl. The average molecular weight is 310 g/mol. The lowest BCUT2D eigenvalue weighted by atomic mass is 10.2. The third-order valence-corrected chi connectivity index (χ3v) is 2.98. The Balaban J connectivity index is 0.00000220. The van der Waals surface area contributed by atoms with Crippen molar-refractivity contribution in [3.8, 4) is 0 Å². The Morgan fingerprint density at radius 3 is 2.62 bits per heavy atom. The third-order valence-electron chi connectivity index (χ3n) is 2.98. The van der Waals surface area contributed by atoms with Crippen LogP contribution >= 0.6 is 12.4 Å².